The van der Waals surface area contributed by atoms with Gasteiger partial charge in [-0.2, -0.15) is 0 Å². The van der Waals surface area contributed by atoms with E-state index in [0.717, 1.165) is 30.9 Å². The highest BCUT2D eigenvalue weighted by atomic mass is 32.1. The first-order valence-electron chi connectivity index (χ1n) is 7.49. The molecule has 0 aliphatic rings. The first-order chi connectivity index (χ1) is 10.8. The van der Waals surface area contributed by atoms with Gasteiger partial charge >= 0.3 is 0 Å². The lowest BCUT2D eigenvalue weighted by Gasteiger charge is -2.19. The van der Waals surface area contributed by atoms with Gasteiger partial charge in [0.15, 0.2) is 0 Å². The summed E-state index contributed by atoms with van der Waals surface area (Å²) < 4.78 is 0.705. The van der Waals surface area contributed by atoms with Crippen molar-refractivity contribution in [1.82, 2.24) is 14.9 Å². The minimum absolute atomic E-state index is 0.0332. The van der Waals surface area contributed by atoms with Crippen molar-refractivity contribution in [2.45, 2.75) is 19.9 Å². The van der Waals surface area contributed by atoms with Crippen molar-refractivity contribution in [3.8, 4) is 0 Å². The largest absolute Gasteiger partial charge is 0.308 e. The average Bonchev–Trinajstić information content (AvgIpc) is 3.01. The van der Waals surface area contributed by atoms with Gasteiger partial charge < -0.3 is 4.98 Å². The molecule has 0 radical (unpaired) electrons. The molecule has 0 saturated carbocycles. The summed E-state index contributed by atoms with van der Waals surface area (Å²) in [6.07, 6.45) is 1.000. The van der Waals surface area contributed by atoms with Crippen LogP contribution >= 0.6 is 11.3 Å². The maximum absolute atomic E-state index is 12.0. The van der Waals surface area contributed by atoms with E-state index in [1.807, 2.05) is 17.5 Å². The van der Waals surface area contributed by atoms with E-state index in [2.05, 4.69) is 46.1 Å². The fourth-order valence-electron chi connectivity index (χ4n) is 2.49. The summed E-state index contributed by atoms with van der Waals surface area (Å²) in [4.78, 5) is 21.8. The third-order valence-corrected chi connectivity index (χ3v) is 4.65. The van der Waals surface area contributed by atoms with Crippen LogP contribution in [0.4, 0.5) is 0 Å². The molecular formula is C17H19N3OS. The molecule has 0 spiro atoms. The summed E-state index contributed by atoms with van der Waals surface area (Å²) in [5.74, 6) is 0.741. The number of hydrogen-bond acceptors (Lipinski definition) is 4. The van der Waals surface area contributed by atoms with Crippen molar-refractivity contribution < 1.29 is 0 Å². The number of nitrogens with zero attached hydrogens (tertiary/aromatic N) is 2. The lowest BCUT2D eigenvalue weighted by atomic mass is 10.1. The van der Waals surface area contributed by atoms with E-state index < -0.39 is 0 Å². The Hall–Kier alpha value is -1.98. The number of thiophene rings is 1. The molecule has 0 aliphatic heterocycles. The second-order valence-corrected chi connectivity index (χ2v) is 6.17. The first-order valence-corrected chi connectivity index (χ1v) is 8.37. The van der Waals surface area contributed by atoms with Crippen LogP contribution in [0.3, 0.4) is 0 Å². The Balaban J connectivity index is 1.69. The SMILES string of the molecule is CCN(CCc1ccccc1)Cc1nc2ccsc2c(=O)[nH]1. The van der Waals surface area contributed by atoms with E-state index in [0.29, 0.717) is 11.2 Å². The normalized spacial score (nSPS) is 11.4. The highest BCUT2D eigenvalue weighted by Gasteiger charge is 2.09. The van der Waals surface area contributed by atoms with Gasteiger partial charge in [0.1, 0.15) is 10.5 Å². The molecule has 2 aromatic heterocycles. The van der Waals surface area contributed by atoms with Gasteiger partial charge in [0.2, 0.25) is 0 Å². The Morgan fingerprint density at radius 2 is 2.05 bits per heavy atom. The number of fused-ring (bicyclic) bond motifs is 1. The lowest BCUT2D eigenvalue weighted by molar-refractivity contribution is 0.276. The molecule has 0 saturated heterocycles. The van der Waals surface area contributed by atoms with E-state index >= 15 is 0 Å². The molecular weight excluding hydrogens is 294 g/mol. The molecule has 0 bridgehead atoms. The van der Waals surface area contributed by atoms with Crippen molar-refractivity contribution >= 4 is 21.6 Å². The van der Waals surface area contributed by atoms with E-state index in [1.54, 1.807) is 0 Å². The molecule has 0 fully saturated rings. The monoisotopic (exact) mass is 313 g/mol. The summed E-state index contributed by atoms with van der Waals surface area (Å²) in [7, 11) is 0. The molecule has 5 heteroatoms. The summed E-state index contributed by atoms with van der Waals surface area (Å²) in [6, 6.07) is 12.4. The fraction of sp³-hybridized carbons (Fsp3) is 0.294. The number of hydrogen-bond donors (Lipinski definition) is 1. The molecule has 3 aromatic rings. The van der Waals surface area contributed by atoms with Crippen LogP contribution in [0.15, 0.2) is 46.6 Å². The molecule has 114 valence electrons. The molecule has 3 rings (SSSR count). The van der Waals surface area contributed by atoms with E-state index in [4.69, 9.17) is 0 Å². The maximum Gasteiger partial charge on any atom is 0.268 e. The van der Waals surface area contributed by atoms with E-state index in [1.165, 1.54) is 16.9 Å². The maximum atomic E-state index is 12.0. The second-order valence-electron chi connectivity index (χ2n) is 5.25. The Morgan fingerprint density at radius 3 is 2.82 bits per heavy atom. The standard InChI is InChI=1S/C17H19N3OS/c1-2-20(10-8-13-6-4-3-5-7-13)12-15-18-14-9-11-22-16(14)17(21)19-15/h3-7,9,11H,2,8,10,12H2,1H3,(H,18,19,21). The van der Waals surface area contributed by atoms with E-state index in [9.17, 15) is 4.79 Å². The summed E-state index contributed by atoms with van der Waals surface area (Å²) in [5, 5.41) is 1.91. The molecule has 2 heterocycles. The van der Waals surface area contributed by atoms with Gasteiger partial charge in [-0.1, -0.05) is 37.3 Å². The van der Waals surface area contributed by atoms with Gasteiger partial charge in [0, 0.05) is 6.54 Å². The lowest BCUT2D eigenvalue weighted by Crippen LogP contribution is -2.27. The zero-order chi connectivity index (χ0) is 15.4. The minimum Gasteiger partial charge on any atom is -0.308 e. The number of rotatable bonds is 6. The molecule has 0 amide bonds. The number of H-pyrrole nitrogens is 1. The zero-order valence-corrected chi connectivity index (χ0v) is 13.4. The van der Waals surface area contributed by atoms with Crippen molar-refractivity contribution in [2.24, 2.45) is 0 Å². The van der Waals surface area contributed by atoms with Crippen LogP contribution < -0.4 is 5.56 Å². The summed E-state index contributed by atoms with van der Waals surface area (Å²) >= 11 is 1.43. The van der Waals surface area contributed by atoms with Crippen LogP contribution in [-0.4, -0.2) is 28.0 Å². The number of aromatic nitrogens is 2. The highest BCUT2D eigenvalue weighted by Crippen LogP contribution is 2.14. The first kappa shape index (κ1) is 14.9. The smallest absolute Gasteiger partial charge is 0.268 e. The molecule has 4 nitrogen and oxygen atoms in total. The Kier molecular flexibility index (Phi) is 4.65. The van der Waals surface area contributed by atoms with Crippen molar-refractivity contribution in [2.75, 3.05) is 13.1 Å². The number of nitrogens with one attached hydrogen (secondary N) is 1. The predicted octanol–water partition coefficient (Wildman–Crippen LogP) is 3.05. The number of benzene rings is 1. The van der Waals surface area contributed by atoms with Crippen molar-refractivity contribution in [3.05, 3.63) is 63.5 Å². The highest BCUT2D eigenvalue weighted by molar-refractivity contribution is 7.17. The zero-order valence-electron chi connectivity index (χ0n) is 12.6. The predicted molar refractivity (Wildman–Crippen MR) is 91.3 cm³/mol. The third-order valence-electron chi connectivity index (χ3n) is 3.74. The van der Waals surface area contributed by atoms with Crippen LogP contribution in [-0.2, 0) is 13.0 Å². The molecule has 1 N–H and O–H groups in total. The van der Waals surface area contributed by atoms with Gasteiger partial charge in [0.25, 0.3) is 5.56 Å². The molecule has 1 aromatic carbocycles. The van der Waals surface area contributed by atoms with Crippen LogP contribution in [0.2, 0.25) is 0 Å². The quantitative estimate of drug-likeness (QED) is 0.761. The van der Waals surface area contributed by atoms with Gasteiger partial charge in [-0.15, -0.1) is 11.3 Å². The Morgan fingerprint density at radius 1 is 1.23 bits per heavy atom. The molecule has 0 atom stereocenters. The van der Waals surface area contributed by atoms with Gasteiger partial charge in [-0.3, -0.25) is 9.69 Å². The fourth-order valence-corrected chi connectivity index (χ4v) is 3.21. The van der Waals surface area contributed by atoms with Crippen molar-refractivity contribution in [3.63, 3.8) is 0 Å². The molecule has 0 aliphatic carbocycles. The van der Waals surface area contributed by atoms with Crippen LogP contribution in [0.25, 0.3) is 10.2 Å². The average molecular weight is 313 g/mol. The molecule has 22 heavy (non-hydrogen) atoms. The third kappa shape index (κ3) is 3.43. The summed E-state index contributed by atoms with van der Waals surface area (Å²) in [5.41, 5.74) is 2.09. The topological polar surface area (TPSA) is 49.0 Å². The van der Waals surface area contributed by atoms with Gasteiger partial charge in [-0.25, -0.2) is 4.98 Å². The Bertz CT molecular complexity index is 794. The van der Waals surface area contributed by atoms with Gasteiger partial charge in [-0.05, 0) is 30.0 Å². The van der Waals surface area contributed by atoms with Crippen LogP contribution in [0.5, 0.6) is 0 Å². The van der Waals surface area contributed by atoms with Gasteiger partial charge in [0.05, 0.1) is 12.1 Å². The van der Waals surface area contributed by atoms with Crippen LogP contribution in [0, 0.1) is 0 Å². The minimum atomic E-state index is -0.0332. The van der Waals surface area contributed by atoms with Crippen molar-refractivity contribution in [1.29, 1.82) is 0 Å². The number of aromatic amines is 1. The second kappa shape index (κ2) is 6.85. The number of likely N-dealkylation sites (N-methyl/N-ethyl adjacent to an activating group) is 1. The summed E-state index contributed by atoms with van der Waals surface area (Å²) in [6.45, 7) is 4.68. The van der Waals surface area contributed by atoms with Crippen LogP contribution in [0.1, 0.15) is 18.3 Å². The Labute approximate surface area is 133 Å². The van der Waals surface area contributed by atoms with E-state index in [-0.39, 0.29) is 5.56 Å². The molecule has 0 unspecified atom stereocenters.